The Bertz CT molecular complexity index is 1180. The molecule has 3 aromatic rings. The van der Waals surface area contributed by atoms with Crippen molar-refractivity contribution in [3.05, 3.63) is 58.3 Å². The molecule has 180 valence electrons. The van der Waals surface area contributed by atoms with E-state index in [2.05, 4.69) is 25.2 Å². The number of anilines is 1. The van der Waals surface area contributed by atoms with Crippen LogP contribution in [-0.2, 0) is 11.5 Å². The molecule has 2 aromatic carbocycles. The number of rotatable bonds is 9. The first-order valence-corrected chi connectivity index (χ1v) is 12.8. The topological polar surface area (TPSA) is 74.6 Å². The fraction of sp³-hybridized carbons (Fsp3) is 0.385. The molecule has 0 spiro atoms. The van der Waals surface area contributed by atoms with Crippen molar-refractivity contribution in [2.75, 3.05) is 25.1 Å². The average Bonchev–Trinajstić information content (AvgIpc) is 3.40. The van der Waals surface area contributed by atoms with Crippen LogP contribution in [0.3, 0.4) is 0 Å². The van der Waals surface area contributed by atoms with Gasteiger partial charge in [-0.3, -0.25) is 4.79 Å². The van der Waals surface area contributed by atoms with E-state index in [1.807, 2.05) is 37.6 Å². The van der Waals surface area contributed by atoms with Crippen molar-refractivity contribution in [1.29, 1.82) is 0 Å². The summed E-state index contributed by atoms with van der Waals surface area (Å²) < 4.78 is 19.2. The molecule has 2 heterocycles. The largest absolute Gasteiger partial charge is 0.490 e. The minimum Gasteiger partial charge on any atom is -0.490 e. The van der Waals surface area contributed by atoms with E-state index in [9.17, 15) is 4.79 Å². The van der Waals surface area contributed by atoms with Gasteiger partial charge in [0.05, 0.1) is 31.2 Å². The van der Waals surface area contributed by atoms with Gasteiger partial charge in [-0.2, -0.15) is 16.9 Å². The predicted molar refractivity (Wildman–Crippen MR) is 136 cm³/mol. The zero-order valence-electron chi connectivity index (χ0n) is 20.4. The van der Waals surface area contributed by atoms with Crippen LogP contribution in [0.1, 0.15) is 53.5 Å². The van der Waals surface area contributed by atoms with Gasteiger partial charge < -0.3 is 19.5 Å². The predicted octanol–water partition coefficient (Wildman–Crippen LogP) is 5.68. The summed E-state index contributed by atoms with van der Waals surface area (Å²) in [5.41, 5.74) is 5.78. The molecule has 0 radical (unpaired) electrons. The normalized spacial score (nSPS) is 12.4. The molecule has 0 fully saturated rings. The SMILES string of the molecule is CCOc1cc(C(=O)Nc2c3c(nn2-c2cccc(C)c2C)CSC3)cc(OCC)c1OCC. The van der Waals surface area contributed by atoms with Gasteiger partial charge in [-0.05, 0) is 63.9 Å². The van der Waals surface area contributed by atoms with Crippen molar-refractivity contribution in [3.63, 3.8) is 0 Å². The highest BCUT2D eigenvalue weighted by atomic mass is 32.2. The fourth-order valence-corrected chi connectivity index (χ4v) is 5.02. The van der Waals surface area contributed by atoms with Crippen LogP contribution >= 0.6 is 11.8 Å². The molecule has 1 aliphatic heterocycles. The average molecular weight is 482 g/mol. The van der Waals surface area contributed by atoms with Gasteiger partial charge in [-0.1, -0.05) is 12.1 Å². The lowest BCUT2D eigenvalue weighted by Crippen LogP contribution is -2.17. The van der Waals surface area contributed by atoms with E-state index < -0.39 is 0 Å². The number of carbonyl (C=O) groups is 1. The highest BCUT2D eigenvalue weighted by Crippen LogP contribution is 2.40. The molecule has 4 rings (SSSR count). The van der Waals surface area contributed by atoms with E-state index in [1.54, 1.807) is 23.9 Å². The lowest BCUT2D eigenvalue weighted by atomic mass is 10.1. The Labute approximate surface area is 204 Å². The second-order valence-electron chi connectivity index (χ2n) is 7.95. The number of hydrogen-bond donors (Lipinski definition) is 1. The van der Waals surface area contributed by atoms with Gasteiger partial charge in [0.2, 0.25) is 5.75 Å². The molecule has 8 heteroatoms. The van der Waals surface area contributed by atoms with Crippen molar-refractivity contribution in [2.24, 2.45) is 0 Å². The summed E-state index contributed by atoms with van der Waals surface area (Å²) in [6.45, 7) is 11.2. The number of benzene rings is 2. The molecule has 0 unspecified atom stereocenters. The van der Waals surface area contributed by atoms with E-state index >= 15 is 0 Å². The summed E-state index contributed by atoms with van der Waals surface area (Å²) in [5.74, 6) is 3.60. The van der Waals surface area contributed by atoms with Gasteiger partial charge in [0, 0.05) is 22.6 Å². The molecule has 0 saturated heterocycles. The third kappa shape index (κ3) is 4.59. The summed E-state index contributed by atoms with van der Waals surface area (Å²) in [7, 11) is 0. The first-order chi connectivity index (χ1) is 16.5. The first-order valence-electron chi connectivity index (χ1n) is 11.6. The van der Waals surface area contributed by atoms with Crippen LogP contribution in [0.25, 0.3) is 5.69 Å². The lowest BCUT2D eigenvalue weighted by Gasteiger charge is -2.18. The van der Waals surface area contributed by atoms with Crippen LogP contribution in [0.5, 0.6) is 17.2 Å². The van der Waals surface area contributed by atoms with E-state index in [0.717, 1.165) is 34.0 Å². The van der Waals surface area contributed by atoms with Crippen LogP contribution < -0.4 is 19.5 Å². The molecule has 0 aliphatic carbocycles. The Kier molecular flexibility index (Phi) is 7.36. The summed E-state index contributed by atoms with van der Waals surface area (Å²) in [6, 6.07) is 9.54. The minimum atomic E-state index is -0.254. The number of ether oxygens (including phenoxy) is 3. The summed E-state index contributed by atoms with van der Waals surface area (Å²) in [4.78, 5) is 13.5. The molecule has 1 aliphatic rings. The van der Waals surface area contributed by atoms with Gasteiger partial charge >= 0.3 is 0 Å². The molecule has 0 bridgehead atoms. The summed E-state index contributed by atoms with van der Waals surface area (Å²) in [5, 5.41) is 7.99. The van der Waals surface area contributed by atoms with Crippen LogP contribution in [0.15, 0.2) is 30.3 Å². The van der Waals surface area contributed by atoms with Crippen molar-refractivity contribution in [2.45, 2.75) is 46.1 Å². The molecule has 34 heavy (non-hydrogen) atoms. The first kappa shape index (κ1) is 24.0. The summed E-state index contributed by atoms with van der Waals surface area (Å²) in [6.07, 6.45) is 0. The van der Waals surface area contributed by atoms with Gasteiger partial charge in [-0.25, -0.2) is 4.68 Å². The maximum absolute atomic E-state index is 13.5. The van der Waals surface area contributed by atoms with Crippen LogP contribution in [0, 0.1) is 13.8 Å². The highest BCUT2D eigenvalue weighted by Gasteiger charge is 2.27. The van der Waals surface area contributed by atoms with Gasteiger partial charge in [0.1, 0.15) is 5.82 Å². The number of nitrogens with one attached hydrogen (secondary N) is 1. The smallest absolute Gasteiger partial charge is 0.257 e. The molecule has 7 nitrogen and oxygen atoms in total. The Morgan fingerprint density at radius 3 is 2.35 bits per heavy atom. The number of amides is 1. The van der Waals surface area contributed by atoms with E-state index in [4.69, 9.17) is 19.3 Å². The van der Waals surface area contributed by atoms with E-state index in [1.165, 1.54) is 5.56 Å². The van der Waals surface area contributed by atoms with Crippen molar-refractivity contribution in [1.82, 2.24) is 9.78 Å². The van der Waals surface area contributed by atoms with E-state index in [-0.39, 0.29) is 5.91 Å². The molecule has 0 atom stereocenters. The summed E-state index contributed by atoms with van der Waals surface area (Å²) >= 11 is 1.80. The van der Waals surface area contributed by atoms with Crippen LogP contribution in [0.4, 0.5) is 5.82 Å². The Morgan fingerprint density at radius 1 is 1.03 bits per heavy atom. The number of nitrogens with zero attached hydrogens (tertiary/aromatic N) is 2. The van der Waals surface area contributed by atoms with Crippen molar-refractivity contribution >= 4 is 23.5 Å². The van der Waals surface area contributed by atoms with Gasteiger partial charge in [0.15, 0.2) is 11.5 Å². The monoisotopic (exact) mass is 481 g/mol. The second kappa shape index (κ2) is 10.4. The fourth-order valence-electron chi connectivity index (χ4n) is 3.98. The Balaban J connectivity index is 1.75. The number of carbonyl (C=O) groups excluding carboxylic acids is 1. The maximum atomic E-state index is 13.5. The lowest BCUT2D eigenvalue weighted by molar-refractivity contribution is 0.102. The van der Waals surface area contributed by atoms with E-state index in [0.29, 0.717) is 48.5 Å². The standard InChI is InChI=1S/C26H31N3O4S/c1-6-31-22-12-18(13-23(32-7-2)24(22)33-8-3)26(30)27-25-19-14-34-15-20(19)28-29(25)21-11-9-10-16(4)17(21)5/h9-13H,6-8,14-15H2,1-5H3,(H,27,30). The molecule has 1 N–H and O–H groups in total. The number of aromatic nitrogens is 2. The Morgan fingerprint density at radius 2 is 1.71 bits per heavy atom. The third-order valence-electron chi connectivity index (χ3n) is 5.76. The number of hydrogen-bond acceptors (Lipinski definition) is 6. The minimum absolute atomic E-state index is 0.254. The molecule has 0 saturated carbocycles. The number of fused-ring (bicyclic) bond motifs is 1. The molecular formula is C26H31N3O4S. The van der Waals surface area contributed by atoms with Crippen LogP contribution in [-0.4, -0.2) is 35.5 Å². The molecular weight excluding hydrogens is 450 g/mol. The highest BCUT2D eigenvalue weighted by molar-refractivity contribution is 7.98. The third-order valence-corrected chi connectivity index (χ3v) is 6.73. The maximum Gasteiger partial charge on any atom is 0.257 e. The number of thioether (sulfide) groups is 1. The van der Waals surface area contributed by atoms with Gasteiger partial charge in [0.25, 0.3) is 5.91 Å². The van der Waals surface area contributed by atoms with Crippen molar-refractivity contribution < 1.29 is 19.0 Å². The second-order valence-corrected chi connectivity index (χ2v) is 8.94. The van der Waals surface area contributed by atoms with Gasteiger partial charge in [-0.15, -0.1) is 0 Å². The van der Waals surface area contributed by atoms with Crippen molar-refractivity contribution in [3.8, 4) is 22.9 Å². The zero-order chi connectivity index (χ0) is 24.2. The van der Waals surface area contributed by atoms with Crippen LogP contribution in [0.2, 0.25) is 0 Å². The number of aryl methyl sites for hydroxylation is 1. The quantitative estimate of drug-likeness (QED) is 0.424. The molecule has 1 amide bonds. The Hall–Kier alpha value is -3.13. The molecule has 1 aromatic heterocycles. The zero-order valence-corrected chi connectivity index (χ0v) is 21.2.